The van der Waals surface area contributed by atoms with Crippen LogP contribution < -0.4 is 0 Å². The van der Waals surface area contributed by atoms with Gasteiger partial charge in [-0.25, -0.2) is 14.2 Å². The highest BCUT2D eigenvalue weighted by Gasteiger charge is 2.43. The van der Waals surface area contributed by atoms with Crippen molar-refractivity contribution in [3.8, 4) is 0 Å². The predicted octanol–water partition coefficient (Wildman–Crippen LogP) is 2.03. The molecule has 2 amide bonds. The number of aliphatic hydroxyl groups is 1. The lowest BCUT2D eigenvalue weighted by atomic mass is 9.95. The number of hydroxylamine groups is 2. The first-order valence-corrected chi connectivity index (χ1v) is 7.28. The van der Waals surface area contributed by atoms with Crippen molar-refractivity contribution < 1.29 is 29.0 Å². The van der Waals surface area contributed by atoms with Gasteiger partial charge in [0.25, 0.3) is 5.91 Å². The number of hydrogen-bond donors (Lipinski definition) is 2. The quantitative estimate of drug-likeness (QED) is 0.799. The van der Waals surface area contributed by atoms with E-state index in [1.807, 2.05) is 0 Å². The zero-order valence-corrected chi connectivity index (χ0v) is 14.4. The smallest absolute Gasteiger partial charge is 0.408 e. The molecule has 0 saturated carbocycles. The average Bonchev–Trinajstić information content (AvgIpc) is 2.49. The largest absolute Gasteiger partial charge is 0.465 e. The SMILES string of the molecule is CON(C)C(=O)C(C(O)c1ccc(F)cc1)N(C(=O)O)C(C)(C)C. The topological polar surface area (TPSA) is 90.3 Å². The van der Waals surface area contributed by atoms with Gasteiger partial charge >= 0.3 is 6.09 Å². The van der Waals surface area contributed by atoms with Crippen LogP contribution in [0.4, 0.5) is 9.18 Å². The second-order valence-electron chi connectivity index (χ2n) is 6.28. The molecule has 0 heterocycles. The zero-order valence-electron chi connectivity index (χ0n) is 14.4. The van der Waals surface area contributed by atoms with E-state index in [9.17, 15) is 24.2 Å². The van der Waals surface area contributed by atoms with Gasteiger partial charge in [-0.15, -0.1) is 0 Å². The van der Waals surface area contributed by atoms with E-state index in [0.717, 1.165) is 22.1 Å². The van der Waals surface area contributed by atoms with Crippen molar-refractivity contribution >= 4 is 12.0 Å². The Balaban J connectivity index is 3.39. The summed E-state index contributed by atoms with van der Waals surface area (Å²) in [6, 6.07) is 3.40. The first kappa shape index (κ1) is 19.9. The summed E-state index contributed by atoms with van der Waals surface area (Å²) in [5.41, 5.74) is -0.753. The summed E-state index contributed by atoms with van der Waals surface area (Å²) in [7, 11) is 2.57. The van der Waals surface area contributed by atoms with Crippen LogP contribution in [0, 0.1) is 5.82 Å². The highest BCUT2D eigenvalue weighted by Crippen LogP contribution is 2.28. The second-order valence-corrected chi connectivity index (χ2v) is 6.28. The number of carbonyl (C=O) groups excluding carboxylic acids is 1. The molecule has 0 saturated heterocycles. The monoisotopic (exact) mass is 342 g/mol. The number of aliphatic hydroxyl groups excluding tert-OH is 1. The molecule has 1 rings (SSSR count). The highest BCUT2D eigenvalue weighted by molar-refractivity contribution is 5.85. The van der Waals surface area contributed by atoms with Crippen LogP contribution in [0.3, 0.4) is 0 Å². The lowest BCUT2D eigenvalue weighted by molar-refractivity contribution is -0.180. The molecule has 2 unspecified atom stereocenters. The number of benzene rings is 1. The summed E-state index contributed by atoms with van der Waals surface area (Å²) in [5.74, 6) is -1.25. The van der Waals surface area contributed by atoms with Crippen molar-refractivity contribution in [3.63, 3.8) is 0 Å². The number of carboxylic acid groups (broad SMARTS) is 1. The first-order valence-electron chi connectivity index (χ1n) is 7.28. The van der Waals surface area contributed by atoms with Gasteiger partial charge in [0.2, 0.25) is 0 Å². The molecule has 8 heteroatoms. The Bertz CT molecular complexity index is 585. The molecule has 0 aliphatic heterocycles. The third kappa shape index (κ3) is 4.42. The molecule has 1 aromatic carbocycles. The molecule has 0 radical (unpaired) electrons. The van der Waals surface area contributed by atoms with E-state index in [1.165, 1.54) is 26.3 Å². The first-order chi connectivity index (χ1) is 11.0. The van der Waals surface area contributed by atoms with Crippen molar-refractivity contribution in [1.29, 1.82) is 0 Å². The van der Waals surface area contributed by atoms with Gasteiger partial charge in [0.05, 0.1) is 7.11 Å². The molecule has 24 heavy (non-hydrogen) atoms. The molecular formula is C16H23FN2O5. The van der Waals surface area contributed by atoms with Gasteiger partial charge in [-0.3, -0.25) is 14.5 Å². The molecule has 134 valence electrons. The van der Waals surface area contributed by atoms with Crippen molar-refractivity contribution in [2.75, 3.05) is 14.2 Å². The Morgan fingerprint density at radius 1 is 1.21 bits per heavy atom. The molecule has 1 aromatic rings. The van der Waals surface area contributed by atoms with Crippen LogP contribution in [-0.2, 0) is 9.63 Å². The number of halogens is 1. The summed E-state index contributed by atoms with van der Waals surface area (Å²) in [6.07, 6.45) is -2.86. The Kier molecular flexibility index (Phi) is 6.28. The Labute approximate surface area is 140 Å². The predicted molar refractivity (Wildman–Crippen MR) is 84.5 cm³/mol. The number of hydrogen-bond acceptors (Lipinski definition) is 4. The number of rotatable bonds is 5. The molecule has 0 aliphatic rings. The molecule has 2 atom stereocenters. The molecule has 0 fully saturated rings. The summed E-state index contributed by atoms with van der Waals surface area (Å²) in [6.45, 7) is 4.81. The summed E-state index contributed by atoms with van der Waals surface area (Å²) in [4.78, 5) is 30.0. The van der Waals surface area contributed by atoms with Crippen molar-refractivity contribution in [1.82, 2.24) is 9.96 Å². The van der Waals surface area contributed by atoms with Gasteiger partial charge in [0.15, 0.2) is 0 Å². The fraction of sp³-hybridized carbons (Fsp3) is 0.500. The number of likely N-dealkylation sites (N-methyl/N-ethyl adjacent to an activating group) is 1. The zero-order chi connectivity index (χ0) is 18.7. The Morgan fingerprint density at radius 3 is 2.08 bits per heavy atom. The van der Waals surface area contributed by atoms with Gasteiger partial charge in [0.1, 0.15) is 18.0 Å². The normalized spacial score (nSPS) is 14.0. The minimum atomic E-state index is -1.49. The van der Waals surface area contributed by atoms with Crippen LogP contribution in [-0.4, -0.2) is 57.9 Å². The summed E-state index contributed by atoms with van der Waals surface area (Å²) in [5, 5.41) is 21.1. The van der Waals surface area contributed by atoms with Crippen molar-refractivity contribution in [3.05, 3.63) is 35.6 Å². The van der Waals surface area contributed by atoms with Gasteiger partial charge in [-0.2, -0.15) is 0 Å². The Morgan fingerprint density at radius 2 is 1.71 bits per heavy atom. The number of amides is 2. The maximum Gasteiger partial charge on any atom is 0.408 e. The molecule has 2 N–H and O–H groups in total. The van der Waals surface area contributed by atoms with Crippen LogP contribution in [0.25, 0.3) is 0 Å². The van der Waals surface area contributed by atoms with E-state index in [-0.39, 0.29) is 5.56 Å². The minimum absolute atomic E-state index is 0.217. The Hall–Kier alpha value is -2.19. The van der Waals surface area contributed by atoms with E-state index < -0.39 is 35.5 Å². The van der Waals surface area contributed by atoms with E-state index in [1.54, 1.807) is 20.8 Å². The van der Waals surface area contributed by atoms with Gasteiger partial charge in [0, 0.05) is 12.6 Å². The van der Waals surface area contributed by atoms with Gasteiger partial charge in [-0.1, -0.05) is 12.1 Å². The van der Waals surface area contributed by atoms with Crippen LogP contribution >= 0.6 is 0 Å². The lowest BCUT2D eigenvalue weighted by Crippen LogP contribution is -2.59. The third-order valence-corrected chi connectivity index (χ3v) is 3.55. The lowest BCUT2D eigenvalue weighted by Gasteiger charge is -2.41. The molecule has 0 aliphatic carbocycles. The highest BCUT2D eigenvalue weighted by atomic mass is 19.1. The fourth-order valence-corrected chi connectivity index (χ4v) is 2.33. The molecule has 0 aromatic heterocycles. The van der Waals surface area contributed by atoms with Crippen molar-refractivity contribution in [2.45, 2.75) is 38.5 Å². The molecule has 0 spiro atoms. The van der Waals surface area contributed by atoms with Crippen LogP contribution in [0.2, 0.25) is 0 Å². The third-order valence-electron chi connectivity index (χ3n) is 3.55. The fourth-order valence-electron chi connectivity index (χ4n) is 2.33. The van der Waals surface area contributed by atoms with E-state index >= 15 is 0 Å². The standard InChI is InChI=1S/C16H23FN2O5/c1-16(2,3)19(15(22)23)12(14(21)18(4)24-5)13(20)10-6-8-11(17)9-7-10/h6-9,12-13,20H,1-5H3,(H,22,23). The van der Waals surface area contributed by atoms with Gasteiger partial charge < -0.3 is 10.2 Å². The molecule has 0 bridgehead atoms. The van der Waals surface area contributed by atoms with Crippen LogP contribution in [0.15, 0.2) is 24.3 Å². The van der Waals surface area contributed by atoms with E-state index in [4.69, 9.17) is 4.84 Å². The summed E-state index contributed by atoms with van der Waals surface area (Å²) >= 11 is 0. The number of carbonyl (C=O) groups is 2. The summed E-state index contributed by atoms with van der Waals surface area (Å²) < 4.78 is 13.1. The number of nitrogens with zero attached hydrogens (tertiary/aromatic N) is 2. The maximum atomic E-state index is 13.1. The molecule has 7 nitrogen and oxygen atoms in total. The van der Waals surface area contributed by atoms with Gasteiger partial charge in [-0.05, 0) is 38.5 Å². The maximum absolute atomic E-state index is 13.1. The van der Waals surface area contributed by atoms with E-state index in [2.05, 4.69) is 0 Å². The molecular weight excluding hydrogens is 319 g/mol. The second kappa shape index (κ2) is 7.59. The average molecular weight is 342 g/mol. The van der Waals surface area contributed by atoms with Crippen molar-refractivity contribution in [2.24, 2.45) is 0 Å². The van der Waals surface area contributed by atoms with Crippen LogP contribution in [0.1, 0.15) is 32.4 Å². The minimum Gasteiger partial charge on any atom is -0.465 e. The van der Waals surface area contributed by atoms with Crippen LogP contribution in [0.5, 0.6) is 0 Å². The van der Waals surface area contributed by atoms with E-state index in [0.29, 0.717) is 0 Å².